The fourth-order valence-electron chi connectivity index (χ4n) is 1.01. The molecule has 0 radical (unpaired) electrons. The topological polar surface area (TPSA) is 80.7 Å². The largest absolute Gasteiger partial charge is 0.479 e. The molecule has 0 aliphatic rings. The summed E-state index contributed by atoms with van der Waals surface area (Å²) < 4.78 is 27.1. The molecule has 0 heterocycles. The third kappa shape index (κ3) is 3.76. The van der Waals surface area contributed by atoms with E-state index in [1.165, 1.54) is 19.1 Å². The molecular weight excluding hydrogens is 291 g/mol. The van der Waals surface area contributed by atoms with Gasteiger partial charge in [0, 0.05) is 16.7 Å². The fraction of sp³-hybridized carbons (Fsp3) is 0.222. The minimum absolute atomic E-state index is 0.130. The predicted molar refractivity (Wildman–Crippen MR) is 62.2 cm³/mol. The van der Waals surface area contributed by atoms with Gasteiger partial charge >= 0.3 is 5.97 Å². The van der Waals surface area contributed by atoms with Gasteiger partial charge in [0.1, 0.15) is 10.6 Å². The lowest BCUT2D eigenvalue weighted by molar-refractivity contribution is -0.144. The van der Waals surface area contributed by atoms with E-state index in [1.807, 2.05) is 0 Å². The Morgan fingerprint density at radius 3 is 2.47 bits per heavy atom. The molecule has 0 aliphatic carbocycles. The monoisotopic (exact) mass is 298 g/mol. The molecule has 0 aromatic heterocycles. The van der Waals surface area contributed by atoms with Crippen LogP contribution < -0.4 is 4.74 Å². The zero-order valence-electron chi connectivity index (χ0n) is 8.55. The molecule has 0 fully saturated rings. The number of hydrogen-bond acceptors (Lipinski definition) is 4. The number of ether oxygens (including phenoxy) is 1. The highest BCUT2D eigenvalue weighted by Crippen LogP contribution is 2.28. The van der Waals surface area contributed by atoms with Crippen molar-refractivity contribution in [1.29, 1.82) is 0 Å². The molecule has 1 aromatic carbocycles. The van der Waals surface area contributed by atoms with E-state index >= 15 is 0 Å². The summed E-state index contributed by atoms with van der Waals surface area (Å²) in [6, 6.07) is 3.62. The SMILES string of the molecule is CC(Oc1ccc(S(=O)(=O)Cl)c(Cl)c1)C(=O)O. The number of aliphatic carboxylic acids is 1. The number of hydrogen-bond donors (Lipinski definition) is 1. The molecular formula is C9H8Cl2O5S. The van der Waals surface area contributed by atoms with Crippen LogP contribution in [0.2, 0.25) is 5.02 Å². The molecule has 8 heteroatoms. The van der Waals surface area contributed by atoms with E-state index in [4.69, 9.17) is 32.1 Å². The van der Waals surface area contributed by atoms with Gasteiger partial charge in [0.05, 0.1) is 5.02 Å². The Morgan fingerprint density at radius 2 is 2.06 bits per heavy atom. The van der Waals surface area contributed by atoms with Crippen molar-refractivity contribution in [2.45, 2.75) is 17.9 Å². The smallest absolute Gasteiger partial charge is 0.344 e. The Kier molecular flexibility index (Phi) is 4.24. The summed E-state index contributed by atoms with van der Waals surface area (Å²) in [5.74, 6) is -0.996. The van der Waals surface area contributed by atoms with Gasteiger partial charge in [-0.25, -0.2) is 13.2 Å². The zero-order valence-corrected chi connectivity index (χ0v) is 10.9. The lowest BCUT2D eigenvalue weighted by Crippen LogP contribution is -2.22. The van der Waals surface area contributed by atoms with Crippen LogP contribution in [-0.2, 0) is 13.8 Å². The quantitative estimate of drug-likeness (QED) is 0.861. The summed E-state index contributed by atoms with van der Waals surface area (Å²) in [5.41, 5.74) is 0. The van der Waals surface area contributed by atoms with Crippen molar-refractivity contribution < 1.29 is 23.1 Å². The first kappa shape index (κ1) is 14.1. The molecule has 0 aliphatic heterocycles. The van der Waals surface area contributed by atoms with Crippen LogP contribution in [0.25, 0.3) is 0 Å². The van der Waals surface area contributed by atoms with Gasteiger partial charge in [-0.3, -0.25) is 0 Å². The number of carboxylic acids is 1. The second-order valence-electron chi connectivity index (χ2n) is 3.13. The average molecular weight is 299 g/mol. The van der Waals surface area contributed by atoms with Gasteiger partial charge in [-0.1, -0.05) is 11.6 Å². The van der Waals surface area contributed by atoms with Crippen LogP contribution in [0.15, 0.2) is 23.1 Å². The van der Waals surface area contributed by atoms with E-state index in [0.29, 0.717) is 0 Å². The Bertz CT molecular complexity index is 540. The zero-order chi connectivity index (χ0) is 13.2. The molecule has 0 amide bonds. The Hall–Kier alpha value is -0.980. The van der Waals surface area contributed by atoms with E-state index in [-0.39, 0.29) is 15.7 Å². The van der Waals surface area contributed by atoms with Crippen molar-refractivity contribution in [2.24, 2.45) is 0 Å². The Labute approximate surface area is 107 Å². The number of benzene rings is 1. The highest BCUT2D eigenvalue weighted by molar-refractivity contribution is 8.13. The second kappa shape index (κ2) is 5.12. The first-order valence-electron chi connectivity index (χ1n) is 4.35. The molecule has 1 atom stereocenters. The van der Waals surface area contributed by atoms with Gasteiger partial charge in [-0.15, -0.1) is 0 Å². The summed E-state index contributed by atoms with van der Waals surface area (Å²) in [5, 5.41) is 8.49. The first-order chi connectivity index (χ1) is 7.71. The van der Waals surface area contributed by atoms with Crippen LogP contribution in [0, 0.1) is 0 Å². The summed E-state index contributed by atoms with van der Waals surface area (Å²) in [6.07, 6.45) is -1.07. The third-order valence-corrected chi connectivity index (χ3v) is 3.63. The molecule has 1 N–H and O–H groups in total. The predicted octanol–water partition coefficient (Wildman–Crippen LogP) is 2.12. The van der Waals surface area contributed by atoms with Gasteiger partial charge in [0.25, 0.3) is 9.05 Å². The first-order valence-corrected chi connectivity index (χ1v) is 7.04. The average Bonchev–Trinajstić information content (AvgIpc) is 2.15. The van der Waals surface area contributed by atoms with Gasteiger partial charge in [0.15, 0.2) is 6.10 Å². The lowest BCUT2D eigenvalue weighted by atomic mass is 10.3. The van der Waals surface area contributed by atoms with Crippen molar-refractivity contribution >= 4 is 37.3 Å². The highest BCUT2D eigenvalue weighted by Gasteiger charge is 2.17. The van der Waals surface area contributed by atoms with E-state index < -0.39 is 21.1 Å². The standard InChI is InChI=1S/C9H8Cl2O5S/c1-5(9(12)13)16-6-2-3-8(7(10)4-6)17(11,14)15/h2-5H,1H3,(H,12,13). The summed E-state index contributed by atoms with van der Waals surface area (Å²) in [4.78, 5) is 10.3. The van der Waals surface area contributed by atoms with Crippen molar-refractivity contribution in [3.8, 4) is 5.75 Å². The van der Waals surface area contributed by atoms with Crippen LogP contribution in [0.4, 0.5) is 0 Å². The summed E-state index contributed by atoms with van der Waals surface area (Å²) in [7, 11) is 1.20. The van der Waals surface area contributed by atoms with E-state index in [9.17, 15) is 13.2 Å². The van der Waals surface area contributed by atoms with Gasteiger partial charge in [0.2, 0.25) is 0 Å². The molecule has 0 saturated heterocycles. The summed E-state index contributed by atoms with van der Waals surface area (Å²) in [6.45, 7) is 1.34. The van der Waals surface area contributed by atoms with Crippen LogP contribution in [0.1, 0.15) is 6.92 Å². The molecule has 1 rings (SSSR count). The Morgan fingerprint density at radius 1 is 1.47 bits per heavy atom. The maximum atomic E-state index is 11.0. The normalized spacial score (nSPS) is 13.1. The molecule has 1 aromatic rings. The van der Waals surface area contributed by atoms with Gasteiger partial charge < -0.3 is 9.84 Å². The van der Waals surface area contributed by atoms with E-state index in [1.54, 1.807) is 0 Å². The Balaban J connectivity index is 3.02. The lowest BCUT2D eigenvalue weighted by Gasteiger charge is -2.11. The maximum absolute atomic E-state index is 11.0. The highest BCUT2D eigenvalue weighted by atomic mass is 35.7. The number of rotatable bonds is 4. The van der Waals surface area contributed by atoms with Gasteiger partial charge in [-0.2, -0.15) is 0 Å². The number of carboxylic acid groups (broad SMARTS) is 1. The van der Waals surface area contributed by atoms with Crippen molar-refractivity contribution in [2.75, 3.05) is 0 Å². The molecule has 0 bridgehead atoms. The fourth-order valence-corrected chi connectivity index (χ4v) is 2.53. The number of carbonyl (C=O) groups is 1. The minimum atomic E-state index is -3.93. The molecule has 0 saturated carbocycles. The van der Waals surface area contributed by atoms with Crippen LogP contribution in [0.3, 0.4) is 0 Å². The van der Waals surface area contributed by atoms with E-state index in [0.717, 1.165) is 6.07 Å². The second-order valence-corrected chi connectivity index (χ2v) is 6.07. The van der Waals surface area contributed by atoms with Crippen LogP contribution >= 0.6 is 22.3 Å². The summed E-state index contributed by atoms with van der Waals surface area (Å²) >= 11 is 5.69. The third-order valence-electron chi connectivity index (χ3n) is 1.83. The molecule has 0 spiro atoms. The van der Waals surface area contributed by atoms with E-state index in [2.05, 4.69) is 0 Å². The molecule has 17 heavy (non-hydrogen) atoms. The molecule has 5 nitrogen and oxygen atoms in total. The molecule has 94 valence electrons. The number of halogens is 2. The minimum Gasteiger partial charge on any atom is -0.479 e. The van der Waals surface area contributed by atoms with Crippen LogP contribution in [-0.4, -0.2) is 25.6 Å². The van der Waals surface area contributed by atoms with Gasteiger partial charge in [-0.05, 0) is 19.1 Å². The maximum Gasteiger partial charge on any atom is 0.344 e. The van der Waals surface area contributed by atoms with Crippen molar-refractivity contribution in [3.63, 3.8) is 0 Å². The van der Waals surface area contributed by atoms with Crippen molar-refractivity contribution in [3.05, 3.63) is 23.2 Å². The van der Waals surface area contributed by atoms with Crippen molar-refractivity contribution in [1.82, 2.24) is 0 Å². The molecule has 1 unspecified atom stereocenters. The van der Waals surface area contributed by atoms with Crippen LogP contribution in [0.5, 0.6) is 5.75 Å².